The van der Waals surface area contributed by atoms with Crippen LogP contribution >= 0.6 is 0 Å². The van der Waals surface area contributed by atoms with Crippen LogP contribution < -0.4 is 9.47 Å². The Hall–Kier alpha value is -1.75. The summed E-state index contributed by atoms with van der Waals surface area (Å²) in [5, 5.41) is 0. The van der Waals surface area contributed by atoms with E-state index >= 15 is 0 Å². The lowest BCUT2D eigenvalue weighted by Crippen LogP contribution is -2.35. The maximum Gasteiger partial charge on any atom is 0.309 e. The van der Waals surface area contributed by atoms with Gasteiger partial charge in [0.25, 0.3) is 0 Å². The molecule has 0 N–H and O–H groups in total. The van der Waals surface area contributed by atoms with Gasteiger partial charge in [0.05, 0.1) is 24.7 Å². The van der Waals surface area contributed by atoms with Gasteiger partial charge in [0.2, 0.25) is 0 Å². The van der Waals surface area contributed by atoms with Gasteiger partial charge in [-0.1, -0.05) is 12.1 Å². The highest BCUT2D eigenvalue weighted by Crippen LogP contribution is 2.28. The Morgan fingerprint density at radius 3 is 2.61 bits per heavy atom. The molecule has 23 heavy (non-hydrogen) atoms. The Bertz CT molecular complexity index is 500. The zero-order chi connectivity index (χ0) is 16.7. The van der Waals surface area contributed by atoms with Crippen molar-refractivity contribution < 1.29 is 23.7 Å². The van der Waals surface area contributed by atoms with E-state index < -0.39 is 0 Å². The molecule has 1 aromatic rings. The van der Waals surface area contributed by atoms with E-state index in [1.54, 1.807) is 0 Å². The average Bonchev–Trinajstić information content (AvgIpc) is 2.54. The molecule has 1 fully saturated rings. The molecule has 0 spiro atoms. The number of rotatable bonds is 7. The van der Waals surface area contributed by atoms with Gasteiger partial charge in [-0.2, -0.15) is 0 Å². The predicted molar refractivity (Wildman–Crippen MR) is 86.8 cm³/mol. The van der Waals surface area contributed by atoms with Crippen LogP contribution in [0.1, 0.15) is 33.6 Å². The molecule has 0 amide bonds. The van der Waals surface area contributed by atoms with Gasteiger partial charge in [0.15, 0.2) is 11.5 Å². The second-order valence-corrected chi connectivity index (χ2v) is 5.89. The third-order valence-electron chi connectivity index (χ3n) is 3.63. The van der Waals surface area contributed by atoms with Crippen molar-refractivity contribution in [2.75, 3.05) is 19.8 Å². The normalized spacial score (nSPS) is 21.0. The maximum atomic E-state index is 12.0. The Kier molecular flexibility index (Phi) is 6.71. The van der Waals surface area contributed by atoms with E-state index in [4.69, 9.17) is 18.9 Å². The van der Waals surface area contributed by atoms with Crippen molar-refractivity contribution in [3.63, 3.8) is 0 Å². The standard InChI is InChI=1S/C18H26O5/c1-4-20-16-7-5-6-8-17(16)22-12-15-11-14(9-10-21-15)18(19)23-13(2)3/h5-8,13-15H,4,9-12H2,1-3H3. The van der Waals surface area contributed by atoms with Crippen molar-refractivity contribution in [2.24, 2.45) is 5.92 Å². The predicted octanol–water partition coefficient (Wildman–Crippen LogP) is 3.21. The molecule has 5 nitrogen and oxygen atoms in total. The topological polar surface area (TPSA) is 54.0 Å². The summed E-state index contributed by atoms with van der Waals surface area (Å²) in [4.78, 5) is 12.0. The number of carbonyl (C=O) groups is 1. The lowest BCUT2D eigenvalue weighted by Gasteiger charge is -2.28. The summed E-state index contributed by atoms with van der Waals surface area (Å²) in [6.45, 7) is 7.20. The molecular formula is C18H26O5. The summed E-state index contributed by atoms with van der Waals surface area (Å²) < 4.78 is 22.4. The molecule has 128 valence electrons. The van der Waals surface area contributed by atoms with Crippen LogP contribution in [0, 0.1) is 5.92 Å². The van der Waals surface area contributed by atoms with Crippen LogP contribution in [-0.2, 0) is 14.3 Å². The molecule has 5 heteroatoms. The van der Waals surface area contributed by atoms with Crippen LogP contribution in [-0.4, -0.2) is 38.0 Å². The summed E-state index contributed by atoms with van der Waals surface area (Å²) in [6.07, 6.45) is 1.14. The quantitative estimate of drug-likeness (QED) is 0.722. The van der Waals surface area contributed by atoms with Crippen molar-refractivity contribution in [3.8, 4) is 11.5 Å². The lowest BCUT2D eigenvalue weighted by molar-refractivity contribution is -0.158. The molecule has 1 aliphatic heterocycles. The van der Waals surface area contributed by atoms with Gasteiger partial charge < -0.3 is 18.9 Å². The summed E-state index contributed by atoms with van der Waals surface area (Å²) >= 11 is 0. The van der Waals surface area contributed by atoms with Crippen molar-refractivity contribution in [1.29, 1.82) is 0 Å². The highest BCUT2D eigenvalue weighted by Gasteiger charge is 2.30. The largest absolute Gasteiger partial charge is 0.490 e. The molecule has 0 aromatic heterocycles. The van der Waals surface area contributed by atoms with E-state index in [-0.39, 0.29) is 24.1 Å². The third-order valence-corrected chi connectivity index (χ3v) is 3.63. The fourth-order valence-corrected chi connectivity index (χ4v) is 2.57. The van der Waals surface area contributed by atoms with E-state index in [2.05, 4.69) is 0 Å². The van der Waals surface area contributed by atoms with Crippen LogP contribution in [0.3, 0.4) is 0 Å². The van der Waals surface area contributed by atoms with Crippen molar-refractivity contribution in [3.05, 3.63) is 24.3 Å². The molecular weight excluding hydrogens is 296 g/mol. The molecule has 0 saturated carbocycles. The fraction of sp³-hybridized carbons (Fsp3) is 0.611. The maximum absolute atomic E-state index is 12.0. The Labute approximate surface area is 137 Å². The second-order valence-electron chi connectivity index (χ2n) is 5.89. The molecule has 2 rings (SSSR count). The number of hydrogen-bond donors (Lipinski definition) is 0. The number of ether oxygens (including phenoxy) is 4. The minimum absolute atomic E-state index is 0.0851. The lowest BCUT2D eigenvalue weighted by atomic mass is 9.96. The summed E-state index contributed by atoms with van der Waals surface area (Å²) in [6, 6.07) is 7.57. The molecule has 2 unspecified atom stereocenters. The zero-order valence-corrected chi connectivity index (χ0v) is 14.1. The van der Waals surface area contributed by atoms with E-state index in [1.807, 2.05) is 45.0 Å². The minimum Gasteiger partial charge on any atom is -0.490 e. The van der Waals surface area contributed by atoms with Gasteiger partial charge in [-0.3, -0.25) is 4.79 Å². The van der Waals surface area contributed by atoms with Crippen LogP contribution in [0.5, 0.6) is 11.5 Å². The number of carbonyl (C=O) groups excluding carboxylic acids is 1. The fourth-order valence-electron chi connectivity index (χ4n) is 2.57. The highest BCUT2D eigenvalue weighted by atomic mass is 16.6. The smallest absolute Gasteiger partial charge is 0.309 e. The monoisotopic (exact) mass is 322 g/mol. The SMILES string of the molecule is CCOc1ccccc1OCC1CC(C(=O)OC(C)C)CCO1. The summed E-state index contributed by atoms with van der Waals surface area (Å²) in [7, 11) is 0. The van der Waals surface area contributed by atoms with E-state index in [9.17, 15) is 4.79 Å². The summed E-state index contributed by atoms with van der Waals surface area (Å²) in [5.41, 5.74) is 0. The number of para-hydroxylation sites is 2. The first-order chi connectivity index (χ1) is 11.1. The van der Waals surface area contributed by atoms with Crippen molar-refractivity contribution in [1.82, 2.24) is 0 Å². The molecule has 0 radical (unpaired) electrons. The highest BCUT2D eigenvalue weighted by molar-refractivity contribution is 5.72. The Balaban J connectivity index is 1.87. The third kappa shape index (κ3) is 5.43. The number of esters is 1. The van der Waals surface area contributed by atoms with Gasteiger partial charge >= 0.3 is 5.97 Å². The Morgan fingerprint density at radius 2 is 1.96 bits per heavy atom. The van der Waals surface area contributed by atoms with Crippen LogP contribution in [0.15, 0.2) is 24.3 Å². The molecule has 1 heterocycles. The van der Waals surface area contributed by atoms with E-state index in [1.165, 1.54) is 0 Å². The van der Waals surface area contributed by atoms with Crippen molar-refractivity contribution >= 4 is 5.97 Å². The molecule has 2 atom stereocenters. The van der Waals surface area contributed by atoms with Gasteiger partial charge in [0.1, 0.15) is 6.61 Å². The number of benzene rings is 1. The van der Waals surface area contributed by atoms with Gasteiger partial charge in [-0.25, -0.2) is 0 Å². The second kappa shape index (κ2) is 8.77. The van der Waals surface area contributed by atoms with Crippen molar-refractivity contribution in [2.45, 2.75) is 45.8 Å². The first-order valence-electron chi connectivity index (χ1n) is 8.26. The molecule has 1 saturated heterocycles. The van der Waals surface area contributed by atoms with Crippen LogP contribution in [0.4, 0.5) is 0 Å². The van der Waals surface area contributed by atoms with Crippen LogP contribution in [0.25, 0.3) is 0 Å². The Morgan fingerprint density at radius 1 is 1.26 bits per heavy atom. The first kappa shape index (κ1) is 17.6. The number of hydrogen-bond acceptors (Lipinski definition) is 5. The summed E-state index contributed by atoms with van der Waals surface area (Å²) in [5.74, 6) is 1.18. The molecule has 1 aromatic carbocycles. The van der Waals surface area contributed by atoms with E-state index in [0.29, 0.717) is 38.4 Å². The minimum atomic E-state index is -0.136. The average molecular weight is 322 g/mol. The van der Waals surface area contributed by atoms with Gasteiger partial charge in [-0.05, 0) is 45.7 Å². The zero-order valence-electron chi connectivity index (χ0n) is 14.1. The van der Waals surface area contributed by atoms with Gasteiger partial charge in [-0.15, -0.1) is 0 Å². The molecule has 0 aliphatic carbocycles. The van der Waals surface area contributed by atoms with E-state index in [0.717, 1.165) is 5.75 Å². The van der Waals surface area contributed by atoms with Gasteiger partial charge in [0, 0.05) is 6.61 Å². The first-order valence-corrected chi connectivity index (χ1v) is 8.26. The molecule has 0 bridgehead atoms. The molecule has 1 aliphatic rings. The van der Waals surface area contributed by atoms with Crippen LogP contribution in [0.2, 0.25) is 0 Å².